The van der Waals surface area contributed by atoms with E-state index in [1.807, 2.05) is 12.1 Å². The molecule has 0 fully saturated rings. The minimum Gasteiger partial charge on any atom is -0.497 e. The molecule has 0 atom stereocenters. The third kappa shape index (κ3) is 2.65. The largest absolute Gasteiger partial charge is 0.497 e. The molecule has 0 amide bonds. The molecular weight excluding hydrogens is 323 g/mol. The molecule has 0 saturated carbocycles. The summed E-state index contributed by atoms with van der Waals surface area (Å²) in [6, 6.07) is 11.5. The number of fused-ring (bicyclic) bond motifs is 3. The molecule has 25 heavy (non-hydrogen) atoms. The Morgan fingerprint density at radius 3 is 2.80 bits per heavy atom. The van der Waals surface area contributed by atoms with Gasteiger partial charge in [0.15, 0.2) is 0 Å². The minimum absolute atomic E-state index is 0.287. The molecule has 0 saturated heterocycles. The van der Waals surface area contributed by atoms with E-state index in [1.54, 1.807) is 31.5 Å². The molecule has 0 bridgehead atoms. The second kappa shape index (κ2) is 5.86. The van der Waals surface area contributed by atoms with Crippen LogP contribution < -0.4 is 10.3 Å². The summed E-state index contributed by atoms with van der Waals surface area (Å²) in [6.07, 6.45) is 2.87. The van der Waals surface area contributed by atoms with Crippen molar-refractivity contribution in [2.24, 2.45) is 5.10 Å². The number of nitrogens with one attached hydrogen (secondary N) is 1. The number of aromatic nitrogens is 3. The topological polar surface area (TPSA) is 72.3 Å². The van der Waals surface area contributed by atoms with Crippen LogP contribution in [0.4, 0.5) is 4.39 Å². The first-order valence-electron chi connectivity index (χ1n) is 7.53. The lowest BCUT2D eigenvalue weighted by molar-refractivity contribution is 0.415. The van der Waals surface area contributed by atoms with Crippen molar-refractivity contribution in [3.63, 3.8) is 0 Å². The van der Waals surface area contributed by atoms with E-state index in [0.717, 1.165) is 16.0 Å². The zero-order chi connectivity index (χ0) is 17.4. The van der Waals surface area contributed by atoms with E-state index >= 15 is 0 Å². The number of halogens is 1. The maximum absolute atomic E-state index is 13.4. The summed E-state index contributed by atoms with van der Waals surface area (Å²) < 4.78 is 19.7. The zero-order valence-corrected chi connectivity index (χ0v) is 13.2. The molecule has 124 valence electrons. The Balaban J connectivity index is 1.77. The van der Waals surface area contributed by atoms with Crippen molar-refractivity contribution < 1.29 is 9.13 Å². The van der Waals surface area contributed by atoms with Crippen LogP contribution in [0.15, 0.2) is 58.7 Å². The normalized spacial score (nSPS) is 11.6. The Bertz CT molecular complexity index is 1160. The number of aromatic amines is 1. The average molecular weight is 336 g/mol. The van der Waals surface area contributed by atoms with Gasteiger partial charge in [-0.15, -0.1) is 0 Å². The number of rotatable bonds is 3. The van der Waals surface area contributed by atoms with E-state index < -0.39 is 0 Å². The molecule has 0 radical (unpaired) electrons. The molecule has 0 aliphatic rings. The predicted molar refractivity (Wildman–Crippen MR) is 93.8 cm³/mol. The van der Waals surface area contributed by atoms with Gasteiger partial charge in [0, 0.05) is 10.9 Å². The summed E-state index contributed by atoms with van der Waals surface area (Å²) >= 11 is 0. The number of hydrogen-bond acceptors (Lipinski definition) is 4. The maximum atomic E-state index is 13.4. The lowest BCUT2D eigenvalue weighted by Crippen LogP contribution is -2.17. The third-order valence-corrected chi connectivity index (χ3v) is 3.90. The predicted octanol–water partition coefficient (Wildman–Crippen LogP) is 2.91. The summed E-state index contributed by atoms with van der Waals surface area (Å²) in [4.78, 5) is 19.8. The molecule has 4 aromatic rings. The Labute approximate surface area is 141 Å². The van der Waals surface area contributed by atoms with Crippen LogP contribution in [-0.2, 0) is 0 Å². The van der Waals surface area contributed by atoms with Crippen molar-refractivity contribution in [3.05, 3.63) is 70.5 Å². The van der Waals surface area contributed by atoms with Crippen molar-refractivity contribution in [2.75, 3.05) is 7.11 Å². The smallest absolute Gasteiger partial charge is 0.298 e. The van der Waals surface area contributed by atoms with Gasteiger partial charge in [0.1, 0.15) is 28.9 Å². The van der Waals surface area contributed by atoms with Gasteiger partial charge in [-0.2, -0.15) is 9.78 Å². The van der Waals surface area contributed by atoms with Crippen LogP contribution in [0.5, 0.6) is 5.75 Å². The standard InChI is InChI=1S/C18H13FN4O2/c1-25-13-5-2-11(3-6-13)9-21-23-10-20-16-14-8-12(19)4-7-15(14)22-17(16)18(23)24/h2-10,22H,1H3/b21-9-. The van der Waals surface area contributed by atoms with E-state index in [4.69, 9.17) is 4.74 Å². The van der Waals surface area contributed by atoms with E-state index in [9.17, 15) is 9.18 Å². The Kier molecular flexibility index (Phi) is 3.53. The molecule has 2 aromatic heterocycles. The molecular formula is C18H13FN4O2. The molecule has 0 unspecified atom stereocenters. The summed E-state index contributed by atoms with van der Waals surface area (Å²) in [5.74, 6) is 0.361. The first kappa shape index (κ1) is 15.1. The summed E-state index contributed by atoms with van der Waals surface area (Å²) in [5.41, 5.74) is 1.82. The van der Waals surface area contributed by atoms with E-state index in [-0.39, 0.29) is 16.9 Å². The summed E-state index contributed by atoms with van der Waals surface area (Å²) in [7, 11) is 1.59. The Hall–Kier alpha value is -3.48. The third-order valence-electron chi connectivity index (χ3n) is 3.90. The van der Waals surface area contributed by atoms with Gasteiger partial charge in [-0.25, -0.2) is 9.37 Å². The molecule has 7 heteroatoms. The first-order valence-corrected chi connectivity index (χ1v) is 7.53. The van der Waals surface area contributed by atoms with E-state index in [0.29, 0.717) is 16.4 Å². The van der Waals surface area contributed by atoms with E-state index in [2.05, 4.69) is 15.1 Å². The lowest BCUT2D eigenvalue weighted by Gasteiger charge is -2.00. The summed E-state index contributed by atoms with van der Waals surface area (Å²) in [6.45, 7) is 0. The van der Waals surface area contributed by atoms with Crippen molar-refractivity contribution in [2.45, 2.75) is 0 Å². The molecule has 2 aromatic carbocycles. The fraction of sp³-hybridized carbons (Fsp3) is 0.0556. The van der Waals surface area contributed by atoms with Gasteiger partial charge >= 0.3 is 0 Å². The monoisotopic (exact) mass is 336 g/mol. The van der Waals surface area contributed by atoms with Gasteiger partial charge in [0.05, 0.1) is 13.3 Å². The molecule has 0 aliphatic heterocycles. The number of benzene rings is 2. The summed E-state index contributed by atoms with van der Waals surface area (Å²) in [5, 5.41) is 4.72. The maximum Gasteiger partial charge on any atom is 0.298 e. The van der Waals surface area contributed by atoms with Crippen LogP contribution in [-0.4, -0.2) is 28.0 Å². The number of hydrogen-bond donors (Lipinski definition) is 1. The van der Waals surface area contributed by atoms with Crippen LogP contribution in [0.3, 0.4) is 0 Å². The van der Waals surface area contributed by atoms with Crippen molar-refractivity contribution in [3.8, 4) is 5.75 Å². The van der Waals surface area contributed by atoms with Gasteiger partial charge in [-0.3, -0.25) is 4.79 Å². The molecule has 0 spiro atoms. The number of methoxy groups -OCH3 is 1. The zero-order valence-electron chi connectivity index (χ0n) is 13.2. The number of H-pyrrole nitrogens is 1. The van der Waals surface area contributed by atoms with Crippen LogP contribution >= 0.6 is 0 Å². The number of ether oxygens (including phenoxy) is 1. The average Bonchev–Trinajstić information content (AvgIpc) is 3.00. The van der Waals surface area contributed by atoms with E-state index in [1.165, 1.54) is 18.5 Å². The van der Waals surface area contributed by atoms with Crippen LogP contribution in [0.2, 0.25) is 0 Å². The van der Waals surface area contributed by atoms with Crippen molar-refractivity contribution in [1.82, 2.24) is 14.6 Å². The fourth-order valence-electron chi connectivity index (χ4n) is 2.62. The highest BCUT2D eigenvalue weighted by molar-refractivity contribution is 6.04. The van der Waals surface area contributed by atoms with Gasteiger partial charge in [-0.05, 0) is 48.0 Å². The van der Waals surface area contributed by atoms with Crippen LogP contribution in [0.25, 0.3) is 21.9 Å². The van der Waals surface area contributed by atoms with Crippen LogP contribution in [0, 0.1) is 5.82 Å². The van der Waals surface area contributed by atoms with Gasteiger partial charge in [0.2, 0.25) is 0 Å². The van der Waals surface area contributed by atoms with Gasteiger partial charge in [0.25, 0.3) is 5.56 Å². The van der Waals surface area contributed by atoms with Gasteiger partial charge in [-0.1, -0.05) is 0 Å². The molecule has 2 heterocycles. The molecule has 0 aliphatic carbocycles. The highest BCUT2D eigenvalue weighted by Crippen LogP contribution is 2.22. The Morgan fingerprint density at radius 2 is 2.04 bits per heavy atom. The SMILES string of the molecule is COc1ccc(/C=N\n2cnc3c([nH]c4ccc(F)cc43)c2=O)cc1. The Morgan fingerprint density at radius 1 is 1.24 bits per heavy atom. The number of nitrogens with zero attached hydrogens (tertiary/aromatic N) is 3. The highest BCUT2D eigenvalue weighted by atomic mass is 19.1. The lowest BCUT2D eigenvalue weighted by atomic mass is 10.2. The fourth-order valence-corrected chi connectivity index (χ4v) is 2.62. The van der Waals surface area contributed by atoms with Crippen molar-refractivity contribution in [1.29, 1.82) is 0 Å². The molecule has 6 nitrogen and oxygen atoms in total. The molecule has 4 rings (SSSR count). The quantitative estimate of drug-likeness (QED) is 0.585. The van der Waals surface area contributed by atoms with Gasteiger partial charge < -0.3 is 9.72 Å². The second-order valence-electron chi connectivity index (χ2n) is 5.45. The second-order valence-corrected chi connectivity index (χ2v) is 5.45. The minimum atomic E-state index is -0.378. The highest BCUT2D eigenvalue weighted by Gasteiger charge is 2.11. The molecule has 1 N–H and O–H groups in total. The van der Waals surface area contributed by atoms with Crippen molar-refractivity contribution >= 4 is 28.2 Å². The van der Waals surface area contributed by atoms with Crippen LogP contribution in [0.1, 0.15) is 5.56 Å². The first-order chi connectivity index (χ1) is 12.2.